The summed E-state index contributed by atoms with van der Waals surface area (Å²) >= 11 is 0. The van der Waals surface area contributed by atoms with Gasteiger partial charge in [0.25, 0.3) is 5.91 Å². The molecule has 0 saturated carbocycles. The maximum Gasteiger partial charge on any atom is 0.272 e. The summed E-state index contributed by atoms with van der Waals surface area (Å²) in [6, 6.07) is 6.59. The number of methoxy groups -OCH3 is 1. The summed E-state index contributed by atoms with van der Waals surface area (Å²) in [5.41, 5.74) is 1.78. The van der Waals surface area contributed by atoms with Gasteiger partial charge >= 0.3 is 0 Å². The van der Waals surface area contributed by atoms with E-state index in [9.17, 15) is 9.18 Å². The molecule has 7 heteroatoms. The zero-order chi connectivity index (χ0) is 19.4. The minimum Gasteiger partial charge on any atom is -0.496 e. The Labute approximate surface area is 159 Å². The highest BCUT2D eigenvalue weighted by Gasteiger charge is 2.23. The van der Waals surface area contributed by atoms with Crippen molar-refractivity contribution in [2.75, 3.05) is 33.3 Å². The van der Waals surface area contributed by atoms with Crippen molar-refractivity contribution < 1.29 is 13.9 Å². The second-order valence-electron chi connectivity index (χ2n) is 6.78. The molecule has 6 nitrogen and oxygen atoms in total. The fourth-order valence-electron chi connectivity index (χ4n) is 3.43. The molecule has 0 aliphatic carbocycles. The number of benzene rings is 1. The Morgan fingerprint density at radius 3 is 2.74 bits per heavy atom. The van der Waals surface area contributed by atoms with Crippen LogP contribution in [-0.2, 0) is 6.54 Å². The van der Waals surface area contributed by atoms with E-state index in [2.05, 4.69) is 14.9 Å². The topological polar surface area (TPSA) is 58.6 Å². The normalized spacial score (nSPS) is 15.5. The molecule has 27 heavy (non-hydrogen) atoms. The molecule has 0 atom stereocenters. The van der Waals surface area contributed by atoms with E-state index in [0.717, 1.165) is 18.7 Å². The summed E-state index contributed by atoms with van der Waals surface area (Å²) in [6.45, 7) is 6.82. The predicted octanol–water partition coefficient (Wildman–Crippen LogP) is 2.59. The van der Waals surface area contributed by atoms with Crippen molar-refractivity contribution in [3.05, 3.63) is 52.9 Å². The highest BCUT2D eigenvalue weighted by Crippen LogP contribution is 2.23. The maximum absolute atomic E-state index is 14.2. The molecule has 3 rings (SSSR count). The molecule has 0 unspecified atom stereocenters. The molecule has 0 radical (unpaired) electrons. The molecule has 1 amide bonds. The van der Waals surface area contributed by atoms with Gasteiger partial charge in [0.2, 0.25) is 0 Å². The number of hydrogen-bond acceptors (Lipinski definition) is 5. The number of rotatable bonds is 4. The summed E-state index contributed by atoms with van der Waals surface area (Å²) in [5.74, 6) is 0.813. The average Bonchev–Trinajstić information content (AvgIpc) is 2.87. The fourth-order valence-corrected chi connectivity index (χ4v) is 3.43. The van der Waals surface area contributed by atoms with Crippen LogP contribution in [0.2, 0.25) is 0 Å². The van der Waals surface area contributed by atoms with E-state index >= 15 is 0 Å². The van der Waals surface area contributed by atoms with Gasteiger partial charge in [0.15, 0.2) is 0 Å². The molecule has 0 bridgehead atoms. The number of nitrogens with zero attached hydrogens (tertiary/aromatic N) is 4. The van der Waals surface area contributed by atoms with E-state index < -0.39 is 0 Å². The Balaban J connectivity index is 1.68. The molecular weight excluding hydrogens is 347 g/mol. The highest BCUT2D eigenvalue weighted by atomic mass is 19.1. The molecule has 1 aliphatic rings. The van der Waals surface area contributed by atoms with Gasteiger partial charge in [0.05, 0.1) is 7.11 Å². The smallest absolute Gasteiger partial charge is 0.272 e. The largest absolute Gasteiger partial charge is 0.496 e. The summed E-state index contributed by atoms with van der Waals surface area (Å²) in [4.78, 5) is 25.3. The van der Waals surface area contributed by atoms with Crippen LogP contribution in [0.4, 0.5) is 4.39 Å². The Hall–Kier alpha value is -2.54. The van der Waals surface area contributed by atoms with Gasteiger partial charge in [-0.05, 0) is 38.5 Å². The molecule has 1 aromatic heterocycles. The first kappa shape index (κ1) is 19.2. The minimum absolute atomic E-state index is 0.0751. The van der Waals surface area contributed by atoms with E-state index in [4.69, 9.17) is 4.74 Å². The van der Waals surface area contributed by atoms with Gasteiger partial charge in [0, 0.05) is 44.0 Å². The van der Waals surface area contributed by atoms with E-state index in [1.807, 2.05) is 11.8 Å². The Bertz CT molecular complexity index is 807. The van der Waals surface area contributed by atoms with Crippen molar-refractivity contribution in [1.82, 2.24) is 19.8 Å². The van der Waals surface area contributed by atoms with Gasteiger partial charge in [-0.25, -0.2) is 14.4 Å². The quantitative estimate of drug-likeness (QED) is 0.826. The molecule has 2 heterocycles. The van der Waals surface area contributed by atoms with Crippen LogP contribution in [0, 0.1) is 19.7 Å². The number of aromatic nitrogens is 2. The molecule has 1 fully saturated rings. The second-order valence-corrected chi connectivity index (χ2v) is 6.78. The third kappa shape index (κ3) is 4.60. The zero-order valence-corrected chi connectivity index (χ0v) is 16.0. The summed E-state index contributed by atoms with van der Waals surface area (Å²) < 4.78 is 19.5. The van der Waals surface area contributed by atoms with Gasteiger partial charge < -0.3 is 9.64 Å². The number of aryl methyl sites for hydroxylation is 2. The van der Waals surface area contributed by atoms with Crippen LogP contribution >= 0.6 is 0 Å². The molecule has 1 aliphatic heterocycles. The third-order valence-corrected chi connectivity index (χ3v) is 4.74. The fraction of sp³-hybridized carbons (Fsp3) is 0.450. The maximum atomic E-state index is 14.2. The molecule has 1 aromatic carbocycles. The molecule has 0 N–H and O–H groups in total. The molecular formula is C20H25FN4O2. The van der Waals surface area contributed by atoms with Crippen molar-refractivity contribution in [1.29, 1.82) is 0 Å². The summed E-state index contributed by atoms with van der Waals surface area (Å²) in [5, 5.41) is 0. The lowest BCUT2D eigenvalue weighted by atomic mass is 10.1. The highest BCUT2D eigenvalue weighted by molar-refractivity contribution is 5.92. The van der Waals surface area contributed by atoms with Crippen LogP contribution in [0.1, 0.15) is 34.0 Å². The van der Waals surface area contributed by atoms with Crippen LogP contribution < -0.4 is 4.74 Å². The van der Waals surface area contributed by atoms with Crippen LogP contribution in [0.15, 0.2) is 24.3 Å². The van der Waals surface area contributed by atoms with E-state index in [1.165, 1.54) is 6.07 Å². The van der Waals surface area contributed by atoms with Crippen LogP contribution in [0.3, 0.4) is 0 Å². The van der Waals surface area contributed by atoms with Crippen molar-refractivity contribution in [3.63, 3.8) is 0 Å². The van der Waals surface area contributed by atoms with Crippen LogP contribution in [0.25, 0.3) is 0 Å². The zero-order valence-electron chi connectivity index (χ0n) is 16.0. The van der Waals surface area contributed by atoms with Crippen LogP contribution in [-0.4, -0.2) is 59.0 Å². The van der Waals surface area contributed by atoms with Crippen molar-refractivity contribution in [2.24, 2.45) is 0 Å². The Morgan fingerprint density at radius 1 is 1.19 bits per heavy atom. The Morgan fingerprint density at radius 2 is 2.00 bits per heavy atom. The van der Waals surface area contributed by atoms with Crippen molar-refractivity contribution in [3.8, 4) is 5.75 Å². The van der Waals surface area contributed by atoms with Gasteiger partial charge in [-0.3, -0.25) is 9.69 Å². The van der Waals surface area contributed by atoms with E-state index in [0.29, 0.717) is 49.0 Å². The standard InChI is InChI=1S/C20H25FN4O2/c1-14-12-18(23-15(2)22-14)20(26)25-9-5-8-24(10-11-25)13-16-17(21)6-4-7-19(16)27-3/h4,6-7,12H,5,8-11,13H2,1-3H3. The van der Waals surface area contributed by atoms with Gasteiger partial charge in [-0.15, -0.1) is 0 Å². The average molecular weight is 372 g/mol. The van der Waals surface area contributed by atoms with E-state index in [1.54, 1.807) is 32.2 Å². The number of halogens is 1. The summed E-state index contributed by atoms with van der Waals surface area (Å²) in [7, 11) is 1.55. The molecule has 144 valence electrons. The lowest BCUT2D eigenvalue weighted by Gasteiger charge is -2.23. The predicted molar refractivity (Wildman–Crippen MR) is 100 cm³/mol. The van der Waals surface area contributed by atoms with E-state index in [-0.39, 0.29) is 11.7 Å². The van der Waals surface area contributed by atoms with Crippen LogP contribution in [0.5, 0.6) is 5.75 Å². The van der Waals surface area contributed by atoms with Crippen molar-refractivity contribution in [2.45, 2.75) is 26.8 Å². The number of ether oxygens (including phenoxy) is 1. The van der Waals surface area contributed by atoms with Gasteiger partial charge in [-0.1, -0.05) is 6.07 Å². The number of hydrogen-bond donors (Lipinski definition) is 0. The molecule has 1 saturated heterocycles. The number of carbonyl (C=O) groups is 1. The number of amides is 1. The lowest BCUT2D eigenvalue weighted by Crippen LogP contribution is -2.35. The SMILES string of the molecule is COc1cccc(F)c1CN1CCCN(C(=O)c2cc(C)nc(C)n2)CC1. The first-order valence-corrected chi connectivity index (χ1v) is 9.13. The minimum atomic E-state index is -0.265. The molecule has 0 spiro atoms. The first-order chi connectivity index (χ1) is 13.0. The summed E-state index contributed by atoms with van der Waals surface area (Å²) in [6.07, 6.45) is 0.825. The Kier molecular flexibility index (Phi) is 6.01. The third-order valence-electron chi connectivity index (χ3n) is 4.74. The molecule has 2 aromatic rings. The van der Waals surface area contributed by atoms with Gasteiger partial charge in [-0.2, -0.15) is 0 Å². The van der Waals surface area contributed by atoms with Gasteiger partial charge in [0.1, 0.15) is 23.1 Å². The lowest BCUT2D eigenvalue weighted by molar-refractivity contribution is 0.0754. The first-order valence-electron chi connectivity index (χ1n) is 9.13. The monoisotopic (exact) mass is 372 g/mol. The number of carbonyl (C=O) groups excluding carboxylic acids is 1. The second kappa shape index (κ2) is 8.43. The van der Waals surface area contributed by atoms with Crippen molar-refractivity contribution >= 4 is 5.91 Å².